The third-order valence-corrected chi connectivity index (χ3v) is 4.87. The molecule has 2 nitrogen and oxygen atoms in total. The van der Waals surface area contributed by atoms with E-state index < -0.39 is 0 Å². The quantitative estimate of drug-likeness (QED) is 0.506. The topological polar surface area (TPSA) is 15.3 Å². The van der Waals surface area contributed by atoms with E-state index in [0.29, 0.717) is 5.92 Å². The average molecular weight is 333 g/mol. The molecule has 24 heavy (non-hydrogen) atoms. The molecule has 0 radical (unpaired) electrons. The first-order chi connectivity index (χ1) is 11.6. The standard InChI is InChI=1S/C22H40N2/c1-6-24(7-2)16-10-8-9-15-23-18-20(5)22-13-11-21(12-14-22)17-19(3)4/h11-14,19-20,23H,6-10,15-18H2,1-5H3. The number of rotatable bonds is 13. The van der Waals surface area contributed by atoms with E-state index in [1.165, 1.54) is 56.4 Å². The summed E-state index contributed by atoms with van der Waals surface area (Å²) in [5.41, 5.74) is 2.92. The lowest BCUT2D eigenvalue weighted by atomic mass is 9.97. The van der Waals surface area contributed by atoms with Crippen molar-refractivity contribution in [1.29, 1.82) is 0 Å². The Labute approximate surface area is 151 Å². The first-order valence-corrected chi connectivity index (χ1v) is 10.1. The van der Waals surface area contributed by atoms with E-state index >= 15 is 0 Å². The summed E-state index contributed by atoms with van der Waals surface area (Å²) in [7, 11) is 0. The zero-order valence-corrected chi connectivity index (χ0v) is 16.8. The van der Waals surface area contributed by atoms with E-state index in [-0.39, 0.29) is 0 Å². The lowest BCUT2D eigenvalue weighted by Crippen LogP contribution is -2.24. The lowest BCUT2D eigenvalue weighted by molar-refractivity contribution is 0.295. The summed E-state index contributed by atoms with van der Waals surface area (Å²) < 4.78 is 0. The summed E-state index contributed by atoms with van der Waals surface area (Å²) >= 11 is 0. The van der Waals surface area contributed by atoms with Crippen molar-refractivity contribution in [3.63, 3.8) is 0 Å². The van der Waals surface area contributed by atoms with Crippen LogP contribution in [0, 0.1) is 5.92 Å². The highest BCUT2D eigenvalue weighted by Crippen LogP contribution is 2.16. The molecule has 0 aliphatic heterocycles. The van der Waals surface area contributed by atoms with Gasteiger partial charge in [-0.25, -0.2) is 0 Å². The summed E-state index contributed by atoms with van der Waals surface area (Å²) in [6, 6.07) is 9.24. The van der Waals surface area contributed by atoms with E-state index in [0.717, 1.165) is 19.0 Å². The molecule has 138 valence electrons. The summed E-state index contributed by atoms with van der Waals surface area (Å²) in [6.45, 7) is 17.2. The molecule has 0 heterocycles. The third-order valence-electron chi connectivity index (χ3n) is 4.87. The predicted octanol–water partition coefficient (Wildman–Crippen LogP) is 5.09. The third kappa shape index (κ3) is 8.84. The molecule has 1 atom stereocenters. The minimum absolute atomic E-state index is 0.591. The van der Waals surface area contributed by atoms with Crippen LogP contribution in [0.1, 0.15) is 70.9 Å². The molecule has 1 rings (SSSR count). The molecule has 1 unspecified atom stereocenters. The van der Waals surface area contributed by atoms with Crippen LogP contribution in [0.3, 0.4) is 0 Å². The van der Waals surface area contributed by atoms with Crippen molar-refractivity contribution in [3.05, 3.63) is 35.4 Å². The number of hydrogen-bond donors (Lipinski definition) is 1. The van der Waals surface area contributed by atoms with Crippen molar-refractivity contribution in [2.45, 2.75) is 66.2 Å². The van der Waals surface area contributed by atoms with Crippen LogP contribution in [0.25, 0.3) is 0 Å². The summed E-state index contributed by atoms with van der Waals surface area (Å²) in [5, 5.41) is 3.63. The minimum atomic E-state index is 0.591. The second kappa shape index (κ2) is 12.5. The second-order valence-corrected chi connectivity index (χ2v) is 7.53. The van der Waals surface area contributed by atoms with Gasteiger partial charge in [0.25, 0.3) is 0 Å². The van der Waals surface area contributed by atoms with Gasteiger partial charge >= 0.3 is 0 Å². The van der Waals surface area contributed by atoms with Gasteiger partial charge in [-0.1, -0.05) is 65.3 Å². The van der Waals surface area contributed by atoms with Crippen molar-refractivity contribution >= 4 is 0 Å². The van der Waals surface area contributed by atoms with Gasteiger partial charge in [0.05, 0.1) is 0 Å². The van der Waals surface area contributed by atoms with Gasteiger partial charge in [-0.2, -0.15) is 0 Å². The van der Waals surface area contributed by atoms with Crippen LogP contribution < -0.4 is 5.32 Å². The molecule has 1 N–H and O–H groups in total. The van der Waals surface area contributed by atoms with Crippen molar-refractivity contribution in [2.24, 2.45) is 5.92 Å². The van der Waals surface area contributed by atoms with Crippen LogP contribution in [0.4, 0.5) is 0 Å². The number of nitrogens with one attached hydrogen (secondary N) is 1. The molecular weight excluding hydrogens is 292 g/mol. The molecule has 0 aromatic heterocycles. The molecule has 1 aromatic rings. The van der Waals surface area contributed by atoms with E-state index in [1.54, 1.807) is 0 Å². The highest BCUT2D eigenvalue weighted by atomic mass is 15.1. The van der Waals surface area contributed by atoms with Gasteiger partial charge in [0.1, 0.15) is 0 Å². The average Bonchev–Trinajstić information content (AvgIpc) is 2.57. The number of hydrogen-bond acceptors (Lipinski definition) is 2. The summed E-state index contributed by atoms with van der Waals surface area (Å²) in [4.78, 5) is 2.51. The number of benzene rings is 1. The SMILES string of the molecule is CCN(CC)CCCCCNCC(C)c1ccc(CC(C)C)cc1. The van der Waals surface area contributed by atoms with Crippen LogP contribution in [-0.2, 0) is 6.42 Å². The Bertz CT molecular complexity index is 406. The predicted molar refractivity (Wildman–Crippen MR) is 108 cm³/mol. The fourth-order valence-corrected chi connectivity index (χ4v) is 3.19. The largest absolute Gasteiger partial charge is 0.316 e. The Hall–Kier alpha value is -0.860. The van der Waals surface area contributed by atoms with Crippen molar-refractivity contribution < 1.29 is 0 Å². The fourth-order valence-electron chi connectivity index (χ4n) is 3.19. The van der Waals surface area contributed by atoms with Crippen molar-refractivity contribution in [3.8, 4) is 0 Å². The molecule has 2 heteroatoms. The second-order valence-electron chi connectivity index (χ2n) is 7.53. The maximum Gasteiger partial charge on any atom is 0.00174 e. The Morgan fingerprint density at radius 1 is 0.917 bits per heavy atom. The Morgan fingerprint density at radius 2 is 1.58 bits per heavy atom. The first kappa shape index (κ1) is 21.2. The maximum atomic E-state index is 3.63. The fraction of sp³-hybridized carbons (Fsp3) is 0.727. The van der Waals surface area contributed by atoms with Crippen LogP contribution in [0.2, 0.25) is 0 Å². The van der Waals surface area contributed by atoms with E-state index in [2.05, 4.69) is 69.1 Å². The van der Waals surface area contributed by atoms with Crippen LogP contribution in [0.15, 0.2) is 24.3 Å². The van der Waals surface area contributed by atoms with Gasteiger partial charge in [-0.15, -0.1) is 0 Å². The van der Waals surface area contributed by atoms with Gasteiger partial charge < -0.3 is 10.2 Å². The Morgan fingerprint density at radius 3 is 2.17 bits per heavy atom. The summed E-state index contributed by atoms with van der Waals surface area (Å²) in [6.07, 6.45) is 5.14. The Balaban J connectivity index is 2.14. The van der Waals surface area contributed by atoms with Gasteiger partial charge in [0.15, 0.2) is 0 Å². The molecule has 0 aliphatic carbocycles. The van der Waals surface area contributed by atoms with E-state index in [1.807, 2.05) is 0 Å². The zero-order valence-electron chi connectivity index (χ0n) is 16.8. The molecule has 0 saturated heterocycles. The molecule has 0 saturated carbocycles. The molecule has 0 fully saturated rings. The number of nitrogens with zero attached hydrogens (tertiary/aromatic N) is 1. The maximum absolute atomic E-state index is 3.63. The van der Waals surface area contributed by atoms with Crippen LogP contribution >= 0.6 is 0 Å². The van der Waals surface area contributed by atoms with Gasteiger partial charge in [-0.3, -0.25) is 0 Å². The first-order valence-electron chi connectivity index (χ1n) is 10.1. The molecule has 0 spiro atoms. The highest BCUT2D eigenvalue weighted by molar-refractivity contribution is 5.25. The molecule has 0 amide bonds. The zero-order chi connectivity index (χ0) is 17.8. The molecule has 0 bridgehead atoms. The molecule has 1 aromatic carbocycles. The minimum Gasteiger partial charge on any atom is -0.316 e. The van der Waals surface area contributed by atoms with Crippen LogP contribution in [-0.4, -0.2) is 37.6 Å². The van der Waals surface area contributed by atoms with Gasteiger partial charge in [-0.05, 0) is 68.4 Å². The molecule has 0 aliphatic rings. The van der Waals surface area contributed by atoms with Crippen LogP contribution in [0.5, 0.6) is 0 Å². The van der Waals surface area contributed by atoms with Gasteiger partial charge in [0, 0.05) is 6.54 Å². The van der Waals surface area contributed by atoms with Crippen molar-refractivity contribution in [1.82, 2.24) is 10.2 Å². The van der Waals surface area contributed by atoms with Crippen molar-refractivity contribution in [2.75, 3.05) is 32.7 Å². The summed E-state index contributed by atoms with van der Waals surface area (Å²) in [5.74, 6) is 1.32. The molecular formula is C22H40N2. The van der Waals surface area contributed by atoms with Gasteiger partial charge in [0.2, 0.25) is 0 Å². The smallest absolute Gasteiger partial charge is 0.00174 e. The number of unbranched alkanes of at least 4 members (excludes halogenated alkanes) is 2. The highest BCUT2D eigenvalue weighted by Gasteiger charge is 2.06. The Kier molecular flexibility index (Phi) is 11.0. The normalized spacial score (nSPS) is 13.0. The van der Waals surface area contributed by atoms with E-state index in [9.17, 15) is 0 Å². The lowest BCUT2D eigenvalue weighted by Gasteiger charge is -2.17. The van der Waals surface area contributed by atoms with E-state index in [4.69, 9.17) is 0 Å². The monoisotopic (exact) mass is 332 g/mol.